The molecule has 0 radical (unpaired) electrons. The number of nitrogens with zero attached hydrogens (tertiary/aromatic N) is 1. The molecule has 3 aromatic rings. The van der Waals surface area contributed by atoms with Crippen molar-refractivity contribution in [3.05, 3.63) is 53.7 Å². The number of benzene rings is 2. The molecule has 0 saturated heterocycles. The molecule has 0 aliphatic rings. The van der Waals surface area contributed by atoms with Gasteiger partial charge in [-0.15, -0.1) is 0 Å². The van der Waals surface area contributed by atoms with Gasteiger partial charge in [0.15, 0.2) is 11.5 Å². The molecule has 0 saturated carbocycles. The zero-order chi connectivity index (χ0) is 25.1. The van der Waals surface area contributed by atoms with Crippen LogP contribution < -0.4 is 25.3 Å². The summed E-state index contributed by atoms with van der Waals surface area (Å²) in [6.45, 7) is 6.64. The Balaban J connectivity index is 0.00000129. The normalized spacial score (nSPS) is 10.9. The lowest BCUT2D eigenvalue weighted by molar-refractivity contribution is -0.191. The van der Waals surface area contributed by atoms with Gasteiger partial charge >= 0.3 is 6.15 Å². The first-order chi connectivity index (χ1) is 16.3. The van der Waals surface area contributed by atoms with E-state index in [4.69, 9.17) is 29.5 Å². The van der Waals surface area contributed by atoms with Crippen molar-refractivity contribution in [3.63, 3.8) is 0 Å². The van der Waals surface area contributed by atoms with E-state index in [9.17, 15) is 4.79 Å². The van der Waals surface area contributed by atoms with Gasteiger partial charge < -0.3 is 25.3 Å². The van der Waals surface area contributed by atoms with Gasteiger partial charge in [0.2, 0.25) is 0 Å². The quantitative estimate of drug-likeness (QED) is 0.489. The first-order valence-corrected chi connectivity index (χ1v) is 10.7. The third-order valence-electron chi connectivity index (χ3n) is 4.71. The number of fused-ring (bicyclic) bond motifs is 1. The number of pyridine rings is 1. The smallest absolute Gasteiger partial charge is 0.373 e. The number of amides is 1. The number of hydrogen-bond acceptors (Lipinski definition) is 8. The van der Waals surface area contributed by atoms with E-state index in [2.05, 4.69) is 10.3 Å². The molecule has 9 nitrogen and oxygen atoms in total. The molecule has 180 valence electrons. The topological polar surface area (TPSA) is 130 Å². The standard InChI is InChI=1S/C24H29N3O4.CO2/c1-5-11-30-22-13-17(9-10-20(22)29-4)24(28)27-16(3)14-31-21-8-6-7-19-23(21)18(25)12-15(2)26-19;2-1-3/h6-10,12-13,16H,5,11,14H2,1-4H3,(H2,25,26)(H,27,28);. The van der Waals surface area contributed by atoms with Crippen molar-refractivity contribution >= 4 is 28.6 Å². The SMILES string of the molecule is CCCOc1cc(C(=O)NC(C)COc2cccc3nc(C)cc(N)c23)ccc1OC.O=C=O. The number of rotatable bonds is 9. The fraction of sp³-hybridized carbons (Fsp3) is 0.320. The van der Waals surface area contributed by atoms with Crippen LogP contribution in [0.3, 0.4) is 0 Å². The van der Waals surface area contributed by atoms with Crippen LogP contribution in [0.15, 0.2) is 42.5 Å². The van der Waals surface area contributed by atoms with E-state index in [1.54, 1.807) is 25.3 Å². The Morgan fingerprint density at radius 3 is 2.53 bits per heavy atom. The van der Waals surface area contributed by atoms with E-state index in [0.717, 1.165) is 23.0 Å². The summed E-state index contributed by atoms with van der Waals surface area (Å²) in [5.74, 6) is 1.58. The monoisotopic (exact) mass is 467 g/mol. The summed E-state index contributed by atoms with van der Waals surface area (Å²) in [4.78, 5) is 33.5. The molecule has 1 amide bonds. The van der Waals surface area contributed by atoms with E-state index in [1.807, 2.05) is 45.0 Å². The molecule has 1 unspecified atom stereocenters. The van der Waals surface area contributed by atoms with E-state index in [0.29, 0.717) is 35.1 Å². The van der Waals surface area contributed by atoms with Crippen molar-refractivity contribution < 1.29 is 28.6 Å². The summed E-state index contributed by atoms with van der Waals surface area (Å²) in [5.41, 5.74) is 8.93. The third-order valence-corrected chi connectivity index (χ3v) is 4.71. The maximum absolute atomic E-state index is 12.7. The van der Waals surface area contributed by atoms with Crippen molar-refractivity contribution in [3.8, 4) is 17.2 Å². The first kappa shape index (κ1) is 26.2. The maximum atomic E-state index is 12.7. The Morgan fingerprint density at radius 2 is 1.85 bits per heavy atom. The molecule has 0 bridgehead atoms. The Hall–Kier alpha value is -4.10. The summed E-state index contributed by atoms with van der Waals surface area (Å²) in [7, 11) is 1.57. The average molecular weight is 468 g/mol. The highest BCUT2D eigenvalue weighted by Gasteiger charge is 2.15. The van der Waals surface area contributed by atoms with Gasteiger partial charge in [-0.05, 0) is 56.7 Å². The summed E-state index contributed by atoms with van der Waals surface area (Å²) in [6, 6.07) is 12.4. The highest BCUT2D eigenvalue weighted by molar-refractivity contribution is 5.96. The van der Waals surface area contributed by atoms with Crippen LogP contribution in [-0.2, 0) is 9.59 Å². The van der Waals surface area contributed by atoms with Crippen LogP contribution in [0.2, 0.25) is 0 Å². The predicted molar refractivity (Wildman–Crippen MR) is 127 cm³/mol. The number of methoxy groups -OCH3 is 1. The lowest BCUT2D eigenvalue weighted by atomic mass is 10.1. The Kier molecular flexibility index (Phi) is 9.86. The van der Waals surface area contributed by atoms with Crippen LogP contribution in [0.4, 0.5) is 5.69 Å². The first-order valence-electron chi connectivity index (χ1n) is 10.7. The van der Waals surface area contributed by atoms with Crippen LogP contribution in [0.5, 0.6) is 17.2 Å². The molecule has 1 aromatic heterocycles. The number of nitrogens with one attached hydrogen (secondary N) is 1. The molecule has 34 heavy (non-hydrogen) atoms. The molecular formula is C25H29N3O6. The molecular weight excluding hydrogens is 438 g/mol. The number of ether oxygens (including phenoxy) is 3. The number of hydrogen-bond donors (Lipinski definition) is 2. The largest absolute Gasteiger partial charge is 0.493 e. The Labute approximate surface area is 198 Å². The number of nitrogen functional groups attached to an aromatic ring is 1. The molecule has 1 atom stereocenters. The zero-order valence-corrected chi connectivity index (χ0v) is 19.7. The number of carbonyl (C=O) groups excluding carboxylic acids is 3. The van der Waals surface area contributed by atoms with Gasteiger partial charge in [-0.2, -0.15) is 9.59 Å². The van der Waals surface area contributed by atoms with Crippen LogP contribution in [0, 0.1) is 6.92 Å². The molecule has 2 aromatic carbocycles. The molecule has 0 spiro atoms. The lowest BCUT2D eigenvalue weighted by Crippen LogP contribution is -2.36. The number of anilines is 1. The van der Waals surface area contributed by atoms with Crippen molar-refractivity contribution in [2.75, 3.05) is 26.1 Å². The maximum Gasteiger partial charge on any atom is 0.373 e. The second-order valence-electron chi connectivity index (χ2n) is 7.49. The molecule has 0 aliphatic heterocycles. The van der Waals surface area contributed by atoms with E-state index in [-0.39, 0.29) is 24.7 Å². The summed E-state index contributed by atoms with van der Waals surface area (Å²) < 4.78 is 17.0. The van der Waals surface area contributed by atoms with Gasteiger partial charge in [-0.3, -0.25) is 9.78 Å². The van der Waals surface area contributed by atoms with Crippen LogP contribution >= 0.6 is 0 Å². The van der Waals surface area contributed by atoms with Gasteiger partial charge in [0.05, 0.1) is 30.7 Å². The molecule has 9 heteroatoms. The fourth-order valence-corrected chi connectivity index (χ4v) is 3.25. The Morgan fingerprint density at radius 1 is 1.12 bits per heavy atom. The molecule has 0 aliphatic carbocycles. The summed E-state index contributed by atoms with van der Waals surface area (Å²) in [5, 5.41) is 3.73. The van der Waals surface area contributed by atoms with Gasteiger partial charge in [-0.1, -0.05) is 13.0 Å². The highest BCUT2D eigenvalue weighted by Crippen LogP contribution is 2.30. The second-order valence-corrected chi connectivity index (χ2v) is 7.49. The molecule has 1 heterocycles. The van der Waals surface area contributed by atoms with Gasteiger partial charge in [0, 0.05) is 16.9 Å². The van der Waals surface area contributed by atoms with Crippen molar-refractivity contribution in [1.82, 2.24) is 10.3 Å². The average Bonchev–Trinajstić information content (AvgIpc) is 2.81. The van der Waals surface area contributed by atoms with Crippen molar-refractivity contribution in [2.45, 2.75) is 33.2 Å². The zero-order valence-electron chi connectivity index (χ0n) is 19.7. The van der Waals surface area contributed by atoms with Gasteiger partial charge in [0.1, 0.15) is 12.4 Å². The van der Waals surface area contributed by atoms with Crippen LogP contribution in [0.1, 0.15) is 36.3 Å². The molecule has 3 N–H and O–H groups in total. The van der Waals surface area contributed by atoms with E-state index in [1.165, 1.54) is 0 Å². The minimum absolute atomic E-state index is 0.213. The summed E-state index contributed by atoms with van der Waals surface area (Å²) in [6.07, 6.45) is 1.11. The molecule has 3 rings (SSSR count). The van der Waals surface area contributed by atoms with Crippen molar-refractivity contribution in [1.29, 1.82) is 0 Å². The third kappa shape index (κ3) is 6.95. The fourth-order valence-electron chi connectivity index (χ4n) is 3.25. The number of carbonyl (C=O) groups is 1. The lowest BCUT2D eigenvalue weighted by Gasteiger charge is -2.17. The number of nitrogens with two attached hydrogens (primary N) is 1. The van der Waals surface area contributed by atoms with Crippen LogP contribution in [0.25, 0.3) is 10.9 Å². The number of aryl methyl sites for hydroxylation is 1. The van der Waals surface area contributed by atoms with Crippen molar-refractivity contribution in [2.24, 2.45) is 0 Å². The predicted octanol–water partition coefficient (Wildman–Crippen LogP) is 3.54. The van der Waals surface area contributed by atoms with Crippen LogP contribution in [-0.4, -0.2) is 43.4 Å². The highest BCUT2D eigenvalue weighted by atomic mass is 16.5. The van der Waals surface area contributed by atoms with Gasteiger partial charge in [0.25, 0.3) is 5.91 Å². The minimum atomic E-state index is -0.232. The van der Waals surface area contributed by atoms with E-state index >= 15 is 0 Å². The summed E-state index contributed by atoms with van der Waals surface area (Å²) >= 11 is 0. The number of aromatic nitrogens is 1. The van der Waals surface area contributed by atoms with Gasteiger partial charge in [-0.25, -0.2) is 0 Å². The second kappa shape index (κ2) is 12.8. The molecule has 0 fully saturated rings. The van der Waals surface area contributed by atoms with E-state index < -0.39 is 0 Å². The Bertz CT molecular complexity index is 1160. The minimum Gasteiger partial charge on any atom is -0.493 e.